The van der Waals surface area contributed by atoms with Crippen LogP contribution in [0.1, 0.15) is 119 Å². The normalized spacial score (nSPS) is 12.5. The highest BCUT2D eigenvalue weighted by Gasteiger charge is 2.54. The summed E-state index contributed by atoms with van der Waals surface area (Å²) in [6.07, 6.45) is 0. The van der Waals surface area contributed by atoms with Crippen LogP contribution in [0.3, 0.4) is 0 Å². The predicted molar refractivity (Wildman–Crippen MR) is 380 cm³/mol. The molecule has 490 valence electrons. The van der Waals surface area contributed by atoms with Crippen LogP contribution >= 0.6 is 0 Å². The third-order valence-corrected chi connectivity index (χ3v) is 15.2. The number of anilines is 8. The van der Waals surface area contributed by atoms with Crippen LogP contribution in [0.25, 0.3) is 0 Å². The second-order valence-electron chi connectivity index (χ2n) is 21.2. The summed E-state index contributed by atoms with van der Waals surface area (Å²) in [6, 6.07) is 71.4. The first-order valence-electron chi connectivity index (χ1n) is 28.9. The Morgan fingerprint density at radius 1 is 0.511 bits per heavy atom. The second-order valence-corrected chi connectivity index (χ2v) is 22.1. The molecule has 0 radical (unpaired) electrons. The standard InChI is InChI=1S/C36H30N2O3.C23H21NO4.C14H15NO.4CH4.H2O4S/c1-4-38(26-16-14-23(2)15-17-26)27-18-19-30-34(21-27)40-33-20-24(3)32(37-25-10-6-5-7-11-25)22-31(33)36(30)29-13-9-8-12-28(29)35(39)41-36;1-3-24(16-10-8-15(2)9-11-16)17-12-13-20(21(25)14-17)22(26)18-6-4-5-7-19(18)23(27)28;1-11-10-13(16-2)8-9-14(11)15-12-6-4-3-5-7-12;;;;;1-5(2,3)4/h5-22,37H,4H2,1-3H3;4-14,25H,3H2,1-2H3,(H,27,28);3-10,15H,1-2H3;4*1H4;(H2,1,2,3,4). The van der Waals surface area contributed by atoms with Gasteiger partial charge in [0.2, 0.25) is 0 Å². The van der Waals surface area contributed by atoms with Crippen molar-refractivity contribution < 1.29 is 56.3 Å². The first-order chi connectivity index (χ1) is 43.2. The molecule has 2 aliphatic rings. The Kier molecular flexibility index (Phi) is 25.6. The summed E-state index contributed by atoms with van der Waals surface area (Å²) in [7, 11) is -2.99. The summed E-state index contributed by atoms with van der Waals surface area (Å²) in [6.45, 7) is 13.8. The second kappa shape index (κ2) is 32.5. The van der Waals surface area contributed by atoms with Crippen molar-refractivity contribution in [3.63, 3.8) is 0 Å². The number of esters is 1. The maximum atomic E-state index is 13.3. The number of nitrogens with zero attached hydrogens (tertiary/aromatic N) is 2. The van der Waals surface area contributed by atoms with Crippen molar-refractivity contribution >= 4 is 73.6 Å². The van der Waals surface area contributed by atoms with E-state index in [0.29, 0.717) is 23.6 Å². The van der Waals surface area contributed by atoms with Crippen LogP contribution in [0.15, 0.2) is 224 Å². The molecule has 17 heteroatoms. The van der Waals surface area contributed by atoms with Crippen LogP contribution in [0.5, 0.6) is 23.0 Å². The van der Waals surface area contributed by atoms with Crippen LogP contribution in [0, 0.1) is 27.7 Å². The molecule has 6 N–H and O–H groups in total. The van der Waals surface area contributed by atoms with Gasteiger partial charge < -0.3 is 44.9 Å². The number of nitrogens with one attached hydrogen (secondary N) is 2. The molecule has 1 spiro atoms. The van der Waals surface area contributed by atoms with Crippen molar-refractivity contribution in [2.45, 2.75) is 76.9 Å². The lowest BCUT2D eigenvalue weighted by Gasteiger charge is -2.38. The van der Waals surface area contributed by atoms with Crippen molar-refractivity contribution in [2.24, 2.45) is 0 Å². The molecule has 0 bridgehead atoms. The lowest BCUT2D eigenvalue weighted by molar-refractivity contribution is 0.0224. The number of fused-ring (bicyclic) bond motifs is 6. The smallest absolute Gasteiger partial charge is 0.394 e. The Morgan fingerprint density at radius 2 is 0.979 bits per heavy atom. The number of carboxylic acid groups (broad SMARTS) is 1. The molecule has 1 atom stereocenters. The van der Waals surface area contributed by atoms with Crippen LogP contribution in [0.2, 0.25) is 0 Å². The highest BCUT2D eigenvalue weighted by atomic mass is 32.3. The van der Waals surface area contributed by atoms with E-state index in [9.17, 15) is 24.6 Å². The molecule has 0 saturated carbocycles. The first kappa shape index (κ1) is 74.0. The van der Waals surface area contributed by atoms with Crippen molar-refractivity contribution in [3.8, 4) is 23.0 Å². The molecule has 0 amide bonds. The molecule has 94 heavy (non-hydrogen) atoms. The van der Waals surface area contributed by atoms with Crippen LogP contribution in [-0.2, 0) is 20.7 Å². The number of carbonyl (C=O) groups is 3. The molecule has 10 aromatic rings. The van der Waals surface area contributed by atoms with Gasteiger partial charge in [0.25, 0.3) is 0 Å². The number of methoxy groups -OCH3 is 1. The number of aromatic hydroxyl groups is 1. The van der Waals surface area contributed by atoms with Gasteiger partial charge in [0.1, 0.15) is 23.0 Å². The number of carboxylic acids is 1. The lowest BCUT2D eigenvalue weighted by Crippen LogP contribution is -2.33. The zero-order valence-corrected chi connectivity index (χ0v) is 51.5. The lowest BCUT2D eigenvalue weighted by atomic mass is 9.77. The summed E-state index contributed by atoms with van der Waals surface area (Å²) in [5.41, 5.74) is 14.4. The maximum Gasteiger partial charge on any atom is 0.394 e. The van der Waals surface area contributed by atoms with Crippen molar-refractivity contribution in [3.05, 3.63) is 286 Å². The number of aromatic carboxylic acids is 1. The molecule has 2 heterocycles. The van der Waals surface area contributed by atoms with Gasteiger partial charge in [-0.15, -0.1) is 0 Å². The van der Waals surface area contributed by atoms with Gasteiger partial charge in [-0.1, -0.05) is 138 Å². The molecule has 0 saturated heterocycles. The average molecular weight is 1290 g/mol. The van der Waals surface area contributed by atoms with E-state index in [4.69, 9.17) is 31.7 Å². The molecule has 2 aliphatic heterocycles. The van der Waals surface area contributed by atoms with Crippen molar-refractivity contribution in [2.75, 3.05) is 40.6 Å². The number of hydrogen-bond donors (Lipinski definition) is 6. The number of phenols is 1. The van der Waals surface area contributed by atoms with Crippen LogP contribution < -0.4 is 29.9 Å². The number of para-hydroxylation sites is 2. The summed E-state index contributed by atoms with van der Waals surface area (Å²) >= 11 is 0. The average Bonchev–Trinajstić information content (AvgIpc) is 1.44. The van der Waals surface area contributed by atoms with E-state index in [-0.39, 0.29) is 58.1 Å². The minimum Gasteiger partial charge on any atom is -0.507 e. The largest absolute Gasteiger partial charge is 0.507 e. The van der Waals surface area contributed by atoms with Gasteiger partial charge >= 0.3 is 22.3 Å². The van der Waals surface area contributed by atoms with Gasteiger partial charge in [-0.3, -0.25) is 13.9 Å². The SMILES string of the molecule is C.C.C.C.CCN(c1ccc(C)cc1)c1ccc(C(=O)c2ccccc2C(=O)O)c(O)c1.CCN(c1ccc(C)cc1)c1ccc2c(c1)Oc1cc(C)c(Nc3ccccc3)cc1C21OC(=O)c2ccccc21.COc1ccc(Nc2ccccc2)c(C)c1.O=S(=O)(O)O. The van der Waals surface area contributed by atoms with Crippen molar-refractivity contribution in [1.29, 1.82) is 0 Å². The number of ketones is 1. The topological polar surface area (TPSA) is 224 Å². The number of hydrogen-bond acceptors (Lipinski definition) is 13. The Bertz CT molecular complexity index is 4330. The molecule has 10 aromatic carbocycles. The minimum absolute atomic E-state index is 0. The maximum absolute atomic E-state index is 13.3. The number of rotatable bonds is 14. The number of benzene rings is 10. The fourth-order valence-corrected chi connectivity index (χ4v) is 10.7. The van der Waals surface area contributed by atoms with E-state index >= 15 is 0 Å². The van der Waals surface area contributed by atoms with Crippen molar-refractivity contribution in [1.82, 2.24) is 0 Å². The molecule has 0 aliphatic carbocycles. The van der Waals surface area contributed by atoms with Gasteiger partial charge in [0, 0.05) is 93.0 Å². The third kappa shape index (κ3) is 17.1. The minimum atomic E-state index is -4.67. The number of ether oxygens (including phenoxy) is 3. The van der Waals surface area contributed by atoms with Gasteiger partial charge in [0.05, 0.1) is 23.8 Å². The van der Waals surface area contributed by atoms with Gasteiger partial charge in [-0.25, -0.2) is 9.59 Å². The number of aryl methyl sites for hydroxylation is 4. The number of carbonyl (C=O) groups excluding carboxylic acids is 2. The quantitative estimate of drug-likeness (QED) is 0.0338. The third-order valence-electron chi connectivity index (χ3n) is 15.2. The predicted octanol–water partition coefficient (Wildman–Crippen LogP) is 19.2. The van der Waals surface area contributed by atoms with E-state index in [1.165, 1.54) is 35.4 Å². The fraction of sp³-hybridized carbons (Fsp3) is 0.182. The van der Waals surface area contributed by atoms with Gasteiger partial charge in [-0.2, -0.15) is 8.42 Å². The molecule has 0 fully saturated rings. The molecular formula is C77H84N4O12S. The summed E-state index contributed by atoms with van der Waals surface area (Å²) in [5.74, 6) is -0.000249. The van der Waals surface area contributed by atoms with Gasteiger partial charge in [-0.05, 0) is 168 Å². The summed E-state index contributed by atoms with van der Waals surface area (Å²) in [4.78, 5) is 41.8. The first-order valence-corrected chi connectivity index (χ1v) is 30.3. The van der Waals surface area contributed by atoms with Crippen LogP contribution in [0.4, 0.5) is 45.5 Å². The Hall–Kier alpha value is -10.7. The molecule has 12 rings (SSSR count). The highest BCUT2D eigenvalue weighted by Crippen LogP contribution is 2.57. The van der Waals surface area contributed by atoms with E-state index < -0.39 is 27.8 Å². The molecule has 0 aromatic heterocycles. The molecule has 16 nitrogen and oxygen atoms in total. The fourth-order valence-electron chi connectivity index (χ4n) is 10.7. The number of phenolic OH excluding ortho intramolecular Hbond substituents is 1. The molecular weight excluding hydrogens is 1200 g/mol. The monoisotopic (exact) mass is 1290 g/mol. The zero-order valence-electron chi connectivity index (χ0n) is 50.6. The van der Waals surface area contributed by atoms with Crippen LogP contribution in [-0.4, -0.2) is 65.7 Å². The van der Waals surface area contributed by atoms with E-state index in [1.54, 1.807) is 25.3 Å². The summed E-state index contributed by atoms with van der Waals surface area (Å²) in [5, 5.41) is 26.7. The molecule has 1 unspecified atom stereocenters. The van der Waals surface area contributed by atoms with Gasteiger partial charge in [0.15, 0.2) is 11.4 Å². The summed E-state index contributed by atoms with van der Waals surface area (Å²) < 4.78 is 49.8. The Morgan fingerprint density at radius 3 is 1.50 bits per heavy atom. The highest BCUT2D eigenvalue weighted by molar-refractivity contribution is 7.79. The Balaban J connectivity index is 0.000000262. The van der Waals surface area contributed by atoms with E-state index in [0.717, 1.165) is 85.6 Å². The van der Waals surface area contributed by atoms with E-state index in [2.05, 4.69) is 85.7 Å². The van der Waals surface area contributed by atoms with E-state index in [1.807, 2.05) is 158 Å². The zero-order chi connectivity index (χ0) is 64.3. The Labute approximate surface area is 553 Å².